The zero-order chi connectivity index (χ0) is 10.9. The summed E-state index contributed by atoms with van der Waals surface area (Å²) in [5.74, 6) is 0.283. The van der Waals surface area contributed by atoms with Crippen molar-refractivity contribution in [2.45, 2.75) is 58.3 Å². The summed E-state index contributed by atoms with van der Waals surface area (Å²) in [5, 5.41) is 0. The number of carbonyl (C=O) groups is 2. The Morgan fingerprint density at radius 3 is 2.60 bits per heavy atom. The van der Waals surface area contributed by atoms with Crippen LogP contribution < -0.4 is 0 Å². The molecule has 2 heteroatoms. The third-order valence-electron chi connectivity index (χ3n) is 4.02. The predicted octanol–water partition coefficient (Wildman–Crippen LogP) is 2.90. The van der Waals surface area contributed by atoms with E-state index in [1.165, 1.54) is 0 Å². The SMILES string of the molecule is CCCCCC(=O)C1CCC2(CC2)C1=O. The largest absolute Gasteiger partial charge is 0.299 e. The average Bonchev–Trinajstić information content (AvgIpc) is 2.92. The van der Waals surface area contributed by atoms with Gasteiger partial charge in [-0.2, -0.15) is 0 Å². The minimum Gasteiger partial charge on any atom is -0.299 e. The number of hydrogen-bond donors (Lipinski definition) is 0. The van der Waals surface area contributed by atoms with Gasteiger partial charge in [-0.25, -0.2) is 0 Å². The third kappa shape index (κ3) is 1.99. The molecule has 1 atom stereocenters. The van der Waals surface area contributed by atoms with E-state index in [1.54, 1.807) is 0 Å². The highest BCUT2D eigenvalue weighted by Gasteiger charge is 2.57. The van der Waals surface area contributed by atoms with E-state index in [0.29, 0.717) is 6.42 Å². The highest BCUT2D eigenvalue weighted by atomic mass is 16.2. The lowest BCUT2D eigenvalue weighted by Gasteiger charge is -2.07. The summed E-state index contributed by atoms with van der Waals surface area (Å²) in [5.41, 5.74) is -0.00885. The van der Waals surface area contributed by atoms with Crippen LogP contribution in [-0.2, 0) is 9.59 Å². The molecule has 2 nitrogen and oxygen atoms in total. The Morgan fingerprint density at radius 2 is 2.07 bits per heavy atom. The molecule has 0 bridgehead atoms. The Kier molecular flexibility index (Phi) is 2.94. The maximum absolute atomic E-state index is 11.9. The van der Waals surface area contributed by atoms with E-state index in [1.807, 2.05) is 0 Å². The zero-order valence-corrected chi connectivity index (χ0v) is 9.55. The van der Waals surface area contributed by atoms with E-state index in [9.17, 15) is 9.59 Å². The Hall–Kier alpha value is -0.660. The first-order valence-corrected chi connectivity index (χ1v) is 6.27. The van der Waals surface area contributed by atoms with Crippen molar-refractivity contribution in [1.29, 1.82) is 0 Å². The van der Waals surface area contributed by atoms with Gasteiger partial charge in [0.2, 0.25) is 0 Å². The maximum atomic E-state index is 11.9. The summed E-state index contributed by atoms with van der Waals surface area (Å²) >= 11 is 0. The van der Waals surface area contributed by atoms with Crippen LogP contribution in [0.5, 0.6) is 0 Å². The second kappa shape index (κ2) is 4.07. The van der Waals surface area contributed by atoms with Gasteiger partial charge in [0.15, 0.2) is 0 Å². The summed E-state index contributed by atoms with van der Waals surface area (Å²) in [6.07, 6.45) is 7.75. The molecular formula is C13H20O2. The van der Waals surface area contributed by atoms with Crippen LogP contribution in [0.2, 0.25) is 0 Å². The van der Waals surface area contributed by atoms with Crippen molar-refractivity contribution in [1.82, 2.24) is 0 Å². The van der Waals surface area contributed by atoms with Crippen molar-refractivity contribution in [3.63, 3.8) is 0 Å². The lowest BCUT2D eigenvalue weighted by atomic mass is 9.94. The number of rotatable bonds is 5. The Morgan fingerprint density at radius 1 is 1.33 bits per heavy atom. The molecule has 0 radical (unpaired) electrons. The molecule has 0 aliphatic heterocycles. The van der Waals surface area contributed by atoms with E-state index < -0.39 is 0 Å². The van der Waals surface area contributed by atoms with Crippen molar-refractivity contribution in [3.8, 4) is 0 Å². The predicted molar refractivity (Wildman–Crippen MR) is 58.5 cm³/mol. The van der Waals surface area contributed by atoms with Crippen molar-refractivity contribution < 1.29 is 9.59 Å². The lowest BCUT2D eigenvalue weighted by molar-refractivity contribution is -0.133. The molecular weight excluding hydrogens is 188 g/mol. The number of Topliss-reactive ketones (excluding diaryl/α,β-unsaturated/α-hetero) is 2. The van der Waals surface area contributed by atoms with Gasteiger partial charge in [0.1, 0.15) is 11.6 Å². The number of ketones is 2. The molecule has 0 saturated heterocycles. The molecule has 2 rings (SSSR count). The molecule has 0 aromatic heterocycles. The van der Waals surface area contributed by atoms with Crippen molar-refractivity contribution >= 4 is 11.6 Å². The van der Waals surface area contributed by atoms with Crippen LogP contribution in [0.4, 0.5) is 0 Å². The van der Waals surface area contributed by atoms with Crippen molar-refractivity contribution in [3.05, 3.63) is 0 Å². The fraction of sp³-hybridized carbons (Fsp3) is 0.846. The fourth-order valence-corrected chi connectivity index (χ4v) is 2.72. The van der Waals surface area contributed by atoms with Crippen LogP contribution in [0.25, 0.3) is 0 Å². The van der Waals surface area contributed by atoms with Gasteiger partial charge < -0.3 is 0 Å². The quantitative estimate of drug-likeness (QED) is 0.514. The minimum absolute atomic E-state index is 0.00885. The lowest BCUT2D eigenvalue weighted by Crippen LogP contribution is -2.22. The Bertz CT molecular complexity index is 276. The van der Waals surface area contributed by atoms with Crippen LogP contribution in [0.3, 0.4) is 0 Å². The van der Waals surface area contributed by atoms with E-state index in [0.717, 1.165) is 44.9 Å². The van der Waals surface area contributed by atoms with E-state index in [-0.39, 0.29) is 22.9 Å². The van der Waals surface area contributed by atoms with Gasteiger partial charge in [-0.1, -0.05) is 19.8 Å². The Labute approximate surface area is 91.4 Å². The standard InChI is InChI=1S/C13H20O2/c1-2-3-4-5-11(14)10-6-7-13(8-9-13)12(10)15/h10H,2-9H2,1H3. The van der Waals surface area contributed by atoms with Gasteiger partial charge in [-0.05, 0) is 32.1 Å². The molecule has 0 N–H and O–H groups in total. The highest BCUT2D eigenvalue weighted by Crippen LogP contribution is 2.57. The van der Waals surface area contributed by atoms with Crippen molar-refractivity contribution in [2.24, 2.45) is 11.3 Å². The van der Waals surface area contributed by atoms with Crippen LogP contribution in [0.15, 0.2) is 0 Å². The number of carbonyl (C=O) groups excluding carboxylic acids is 2. The molecule has 15 heavy (non-hydrogen) atoms. The number of unbranched alkanes of at least 4 members (excludes halogenated alkanes) is 2. The van der Waals surface area contributed by atoms with Crippen molar-refractivity contribution in [2.75, 3.05) is 0 Å². The van der Waals surface area contributed by atoms with Crippen LogP contribution in [-0.4, -0.2) is 11.6 Å². The first kappa shape index (κ1) is 10.8. The third-order valence-corrected chi connectivity index (χ3v) is 4.02. The van der Waals surface area contributed by atoms with E-state index in [2.05, 4.69) is 6.92 Å². The summed E-state index contributed by atoms with van der Waals surface area (Å²) in [6.45, 7) is 2.13. The topological polar surface area (TPSA) is 34.1 Å². The van der Waals surface area contributed by atoms with Gasteiger partial charge >= 0.3 is 0 Å². The normalized spacial score (nSPS) is 27.3. The Balaban J connectivity index is 1.84. The molecule has 1 unspecified atom stereocenters. The van der Waals surface area contributed by atoms with Gasteiger partial charge in [-0.3, -0.25) is 9.59 Å². The van der Waals surface area contributed by atoms with Gasteiger partial charge in [0.05, 0.1) is 5.92 Å². The summed E-state index contributed by atoms with van der Waals surface area (Å²) in [4.78, 5) is 23.8. The van der Waals surface area contributed by atoms with Crippen LogP contribution >= 0.6 is 0 Å². The monoisotopic (exact) mass is 208 g/mol. The van der Waals surface area contributed by atoms with Crippen LogP contribution in [0.1, 0.15) is 58.3 Å². The first-order valence-electron chi connectivity index (χ1n) is 6.27. The molecule has 2 aliphatic carbocycles. The molecule has 2 fully saturated rings. The van der Waals surface area contributed by atoms with Gasteiger partial charge in [0, 0.05) is 11.8 Å². The molecule has 0 amide bonds. The molecule has 1 spiro atoms. The minimum atomic E-state index is -0.218. The second-order valence-corrected chi connectivity index (χ2v) is 5.16. The molecule has 84 valence electrons. The summed E-state index contributed by atoms with van der Waals surface area (Å²) in [6, 6.07) is 0. The first-order chi connectivity index (χ1) is 7.19. The van der Waals surface area contributed by atoms with E-state index in [4.69, 9.17) is 0 Å². The average molecular weight is 208 g/mol. The highest BCUT2D eigenvalue weighted by molar-refractivity contribution is 6.07. The van der Waals surface area contributed by atoms with Gasteiger partial charge in [0.25, 0.3) is 0 Å². The number of hydrogen-bond acceptors (Lipinski definition) is 2. The van der Waals surface area contributed by atoms with E-state index >= 15 is 0 Å². The fourth-order valence-electron chi connectivity index (χ4n) is 2.72. The molecule has 0 aromatic rings. The molecule has 2 aliphatic rings. The zero-order valence-electron chi connectivity index (χ0n) is 9.55. The molecule has 0 aromatic carbocycles. The molecule has 0 heterocycles. The maximum Gasteiger partial charge on any atom is 0.149 e. The van der Waals surface area contributed by atoms with Crippen LogP contribution in [0, 0.1) is 11.3 Å². The second-order valence-electron chi connectivity index (χ2n) is 5.16. The summed E-state index contributed by atoms with van der Waals surface area (Å²) < 4.78 is 0. The smallest absolute Gasteiger partial charge is 0.149 e. The van der Waals surface area contributed by atoms with Gasteiger partial charge in [-0.15, -0.1) is 0 Å². The summed E-state index contributed by atoms with van der Waals surface area (Å²) in [7, 11) is 0. The molecule has 2 saturated carbocycles.